The number of nitrogens with zero attached hydrogens (tertiary/aromatic N) is 2. The van der Waals surface area contributed by atoms with Crippen molar-refractivity contribution >= 4 is 5.71 Å². The Morgan fingerprint density at radius 3 is 2.50 bits per heavy atom. The summed E-state index contributed by atoms with van der Waals surface area (Å²) in [7, 11) is 0. The molecule has 1 rings (SSSR count). The number of piperidine rings is 1. The fraction of sp³-hybridized carbons (Fsp3) is 0.929. The van der Waals surface area contributed by atoms with Crippen LogP contribution >= 0.6 is 0 Å². The van der Waals surface area contributed by atoms with Crippen LogP contribution in [0.15, 0.2) is 5.16 Å². The summed E-state index contributed by atoms with van der Waals surface area (Å²) in [6.07, 6.45) is 7.94. The van der Waals surface area contributed by atoms with Gasteiger partial charge >= 0.3 is 0 Å². The van der Waals surface area contributed by atoms with Gasteiger partial charge in [-0.2, -0.15) is 0 Å². The van der Waals surface area contributed by atoms with Crippen molar-refractivity contribution in [3.05, 3.63) is 0 Å². The second kappa shape index (κ2) is 10.3. The van der Waals surface area contributed by atoms with Crippen molar-refractivity contribution in [1.82, 2.24) is 4.90 Å². The first-order valence-electron chi connectivity index (χ1n) is 7.36. The minimum Gasteiger partial charge on any atom is -0.411 e. The van der Waals surface area contributed by atoms with Gasteiger partial charge < -0.3 is 14.8 Å². The van der Waals surface area contributed by atoms with Gasteiger partial charge in [0.05, 0.1) is 5.71 Å². The highest BCUT2D eigenvalue weighted by atomic mass is 16.5. The Kier molecular flexibility index (Phi) is 8.86. The molecule has 0 aromatic carbocycles. The second-order valence-electron chi connectivity index (χ2n) is 5.03. The van der Waals surface area contributed by atoms with E-state index in [1.165, 1.54) is 38.6 Å². The Labute approximate surface area is 111 Å². The van der Waals surface area contributed by atoms with E-state index in [0.29, 0.717) is 0 Å². The minimum absolute atomic E-state index is 0.918. The summed E-state index contributed by atoms with van der Waals surface area (Å²) in [5, 5.41) is 12.0. The Morgan fingerprint density at radius 1 is 1.11 bits per heavy atom. The Bertz CT molecular complexity index is 222. The van der Waals surface area contributed by atoms with E-state index in [1.807, 2.05) is 0 Å². The maximum absolute atomic E-state index is 8.67. The Balaban J connectivity index is 1.86. The molecule has 1 heterocycles. The van der Waals surface area contributed by atoms with Crippen LogP contribution in [0.3, 0.4) is 0 Å². The summed E-state index contributed by atoms with van der Waals surface area (Å²) < 4.78 is 5.54. The maximum atomic E-state index is 8.67. The van der Waals surface area contributed by atoms with Crippen LogP contribution in [-0.4, -0.2) is 48.7 Å². The predicted octanol–water partition coefficient (Wildman–Crippen LogP) is 2.90. The zero-order valence-electron chi connectivity index (χ0n) is 11.7. The number of hydrogen-bond acceptors (Lipinski definition) is 4. The van der Waals surface area contributed by atoms with Crippen LogP contribution in [0, 0.1) is 0 Å². The fourth-order valence-corrected chi connectivity index (χ4v) is 2.20. The van der Waals surface area contributed by atoms with E-state index in [0.717, 1.165) is 44.9 Å². The third-order valence-electron chi connectivity index (χ3n) is 3.48. The molecule has 1 aliphatic heterocycles. The van der Waals surface area contributed by atoms with Crippen molar-refractivity contribution in [2.75, 3.05) is 32.8 Å². The lowest BCUT2D eigenvalue weighted by Gasteiger charge is -2.26. The third kappa shape index (κ3) is 6.97. The first-order valence-corrected chi connectivity index (χ1v) is 7.36. The molecule has 1 N–H and O–H groups in total. The van der Waals surface area contributed by atoms with Crippen molar-refractivity contribution in [3.8, 4) is 0 Å². The zero-order chi connectivity index (χ0) is 13.1. The highest BCUT2D eigenvalue weighted by molar-refractivity contribution is 5.84. The molecule has 1 aliphatic rings. The van der Waals surface area contributed by atoms with Crippen LogP contribution in [-0.2, 0) is 4.74 Å². The van der Waals surface area contributed by atoms with Crippen molar-refractivity contribution in [2.24, 2.45) is 5.16 Å². The van der Waals surface area contributed by atoms with Gasteiger partial charge in [-0.05, 0) is 32.2 Å². The van der Waals surface area contributed by atoms with Gasteiger partial charge in [-0.1, -0.05) is 18.5 Å². The summed E-state index contributed by atoms with van der Waals surface area (Å²) in [6, 6.07) is 0. The summed E-state index contributed by atoms with van der Waals surface area (Å²) in [5.41, 5.74) is 0.954. The van der Waals surface area contributed by atoms with E-state index in [1.54, 1.807) is 0 Å². The highest BCUT2D eigenvalue weighted by Gasteiger charge is 2.14. The molecule has 0 spiro atoms. The van der Waals surface area contributed by atoms with Crippen molar-refractivity contribution in [3.63, 3.8) is 0 Å². The summed E-state index contributed by atoms with van der Waals surface area (Å²) >= 11 is 0. The Hall–Kier alpha value is -0.610. The molecule has 1 fully saturated rings. The summed E-state index contributed by atoms with van der Waals surface area (Å²) in [6.45, 7) is 7.30. The quantitative estimate of drug-likeness (QED) is 0.392. The van der Waals surface area contributed by atoms with E-state index >= 15 is 0 Å². The molecule has 4 nitrogen and oxygen atoms in total. The SMILES string of the molecule is CCCCOCCCCCN1CCC(=NO)CC1. The van der Waals surface area contributed by atoms with Gasteiger partial charge in [-0.15, -0.1) is 0 Å². The van der Waals surface area contributed by atoms with Crippen molar-refractivity contribution in [1.29, 1.82) is 0 Å². The van der Waals surface area contributed by atoms with Crippen molar-refractivity contribution in [2.45, 2.75) is 51.9 Å². The largest absolute Gasteiger partial charge is 0.411 e. The fourth-order valence-electron chi connectivity index (χ4n) is 2.20. The highest BCUT2D eigenvalue weighted by Crippen LogP contribution is 2.08. The van der Waals surface area contributed by atoms with Crippen molar-refractivity contribution < 1.29 is 9.94 Å². The average molecular weight is 256 g/mol. The second-order valence-corrected chi connectivity index (χ2v) is 5.03. The number of unbranched alkanes of at least 4 members (excludes halogenated alkanes) is 3. The third-order valence-corrected chi connectivity index (χ3v) is 3.48. The van der Waals surface area contributed by atoms with E-state index in [2.05, 4.69) is 17.0 Å². The zero-order valence-corrected chi connectivity index (χ0v) is 11.7. The average Bonchev–Trinajstić information content (AvgIpc) is 2.42. The van der Waals surface area contributed by atoms with Crippen LogP contribution < -0.4 is 0 Å². The number of hydrogen-bond donors (Lipinski definition) is 1. The molecule has 0 amide bonds. The van der Waals surface area contributed by atoms with Gasteiger partial charge in [0, 0.05) is 39.1 Å². The Morgan fingerprint density at radius 2 is 1.83 bits per heavy atom. The molecule has 18 heavy (non-hydrogen) atoms. The van der Waals surface area contributed by atoms with E-state index in [-0.39, 0.29) is 0 Å². The lowest BCUT2D eigenvalue weighted by atomic mass is 10.1. The van der Waals surface area contributed by atoms with Crippen LogP contribution in [0.2, 0.25) is 0 Å². The maximum Gasteiger partial charge on any atom is 0.0596 e. The van der Waals surface area contributed by atoms with Gasteiger partial charge in [0.2, 0.25) is 0 Å². The molecule has 0 aromatic heterocycles. The molecule has 0 unspecified atom stereocenters. The monoisotopic (exact) mass is 256 g/mol. The normalized spacial score (nSPS) is 17.1. The van der Waals surface area contributed by atoms with E-state index < -0.39 is 0 Å². The van der Waals surface area contributed by atoms with Crippen LogP contribution in [0.4, 0.5) is 0 Å². The first-order chi connectivity index (χ1) is 8.86. The van der Waals surface area contributed by atoms with Crippen LogP contribution in [0.25, 0.3) is 0 Å². The molecular weight excluding hydrogens is 228 g/mol. The predicted molar refractivity (Wildman–Crippen MR) is 74.5 cm³/mol. The summed E-state index contributed by atoms with van der Waals surface area (Å²) in [4.78, 5) is 2.46. The molecular formula is C14H28N2O2. The molecule has 4 heteroatoms. The number of ether oxygens (including phenoxy) is 1. The summed E-state index contributed by atoms with van der Waals surface area (Å²) in [5.74, 6) is 0. The first kappa shape index (κ1) is 15.4. The van der Waals surface area contributed by atoms with Gasteiger partial charge in [-0.3, -0.25) is 0 Å². The van der Waals surface area contributed by atoms with E-state index in [4.69, 9.17) is 9.94 Å². The van der Waals surface area contributed by atoms with E-state index in [9.17, 15) is 0 Å². The minimum atomic E-state index is 0.918. The van der Waals surface area contributed by atoms with Gasteiger partial charge in [-0.25, -0.2) is 0 Å². The molecule has 106 valence electrons. The molecule has 0 saturated carbocycles. The molecule has 1 saturated heterocycles. The van der Waals surface area contributed by atoms with Gasteiger partial charge in [0.1, 0.15) is 0 Å². The topological polar surface area (TPSA) is 45.1 Å². The van der Waals surface area contributed by atoms with Crippen LogP contribution in [0.1, 0.15) is 51.9 Å². The number of likely N-dealkylation sites (tertiary alicyclic amines) is 1. The number of oxime groups is 1. The molecule has 0 bridgehead atoms. The lowest BCUT2D eigenvalue weighted by molar-refractivity contribution is 0.126. The van der Waals surface area contributed by atoms with Gasteiger partial charge in [0.25, 0.3) is 0 Å². The lowest BCUT2D eigenvalue weighted by Crippen LogP contribution is -2.34. The molecule has 0 aliphatic carbocycles. The molecule has 0 aromatic rings. The smallest absolute Gasteiger partial charge is 0.0596 e. The number of rotatable bonds is 9. The molecule has 0 radical (unpaired) electrons. The standard InChI is InChI=1S/C14H28N2O2/c1-2-3-12-18-13-6-4-5-9-16-10-7-14(15-17)8-11-16/h17H,2-13H2,1H3. The van der Waals surface area contributed by atoms with Gasteiger partial charge in [0.15, 0.2) is 0 Å². The molecule has 0 atom stereocenters. The van der Waals surface area contributed by atoms with Crippen LogP contribution in [0.5, 0.6) is 0 Å².